The SMILES string of the molecule is C1CNCCN1.CNC[C@H](O)[C@@H](O)[C@H](O)[C@H](O)CO. The average Bonchev–Trinajstić information content (AvgIpc) is 2.47. The minimum absolute atomic E-state index is 0.0936. The van der Waals surface area contributed by atoms with E-state index in [2.05, 4.69) is 16.0 Å². The zero-order valence-corrected chi connectivity index (χ0v) is 11.3. The zero-order valence-electron chi connectivity index (χ0n) is 11.3. The molecule has 0 saturated carbocycles. The van der Waals surface area contributed by atoms with Crippen LogP contribution in [0.25, 0.3) is 0 Å². The normalized spacial score (nSPS) is 21.8. The molecule has 0 aromatic rings. The summed E-state index contributed by atoms with van der Waals surface area (Å²) in [5, 5.41) is 53.9. The lowest BCUT2D eigenvalue weighted by Gasteiger charge is -2.25. The fourth-order valence-corrected chi connectivity index (χ4v) is 1.50. The van der Waals surface area contributed by atoms with Crippen molar-refractivity contribution in [2.75, 3.05) is 46.4 Å². The number of aliphatic hydroxyl groups is 5. The van der Waals surface area contributed by atoms with Gasteiger partial charge >= 0.3 is 0 Å². The first-order valence-corrected chi connectivity index (χ1v) is 6.43. The van der Waals surface area contributed by atoms with Crippen LogP contribution in [0.5, 0.6) is 0 Å². The molecule has 8 heteroatoms. The molecular weight excluding hydrogens is 254 g/mol. The van der Waals surface area contributed by atoms with E-state index < -0.39 is 31.0 Å². The number of likely N-dealkylation sites (N-methyl/N-ethyl adjacent to an activating group) is 1. The van der Waals surface area contributed by atoms with E-state index in [1.807, 2.05) is 0 Å². The van der Waals surface area contributed by atoms with E-state index in [1.165, 1.54) is 0 Å². The van der Waals surface area contributed by atoms with Crippen LogP contribution in [0.2, 0.25) is 0 Å². The highest BCUT2D eigenvalue weighted by molar-refractivity contribution is 4.81. The highest BCUT2D eigenvalue weighted by Gasteiger charge is 2.29. The van der Waals surface area contributed by atoms with Gasteiger partial charge < -0.3 is 41.5 Å². The first-order chi connectivity index (χ1) is 9.04. The lowest BCUT2D eigenvalue weighted by molar-refractivity contribution is -0.113. The molecule has 1 saturated heterocycles. The standard InChI is InChI=1S/C7H17NO5.C4H10N2/c1-8-2-4(10)6(12)7(13)5(11)3-9;1-2-6-4-3-5-1/h4-13H,2-3H2,1H3;5-6H,1-4H2/t4-,5+,6+,7+;/m0./s1. The quantitative estimate of drug-likeness (QED) is 0.245. The van der Waals surface area contributed by atoms with Crippen molar-refractivity contribution in [3.8, 4) is 0 Å². The molecule has 19 heavy (non-hydrogen) atoms. The predicted molar refractivity (Wildman–Crippen MR) is 70.8 cm³/mol. The molecule has 0 aromatic heterocycles. The topological polar surface area (TPSA) is 137 Å². The molecule has 1 aliphatic heterocycles. The summed E-state index contributed by atoms with van der Waals surface area (Å²) in [7, 11) is 1.57. The Morgan fingerprint density at radius 1 is 0.895 bits per heavy atom. The molecule has 1 heterocycles. The van der Waals surface area contributed by atoms with Crippen molar-refractivity contribution in [2.24, 2.45) is 0 Å². The number of rotatable bonds is 6. The maximum atomic E-state index is 9.21. The zero-order chi connectivity index (χ0) is 14.7. The Hall–Kier alpha value is -0.320. The second kappa shape index (κ2) is 11.5. The number of nitrogens with one attached hydrogen (secondary N) is 3. The van der Waals surface area contributed by atoms with Crippen LogP contribution in [0, 0.1) is 0 Å². The molecule has 0 spiro atoms. The monoisotopic (exact) mass is 281 g/mol. The summed E-state index contributed by atoms with van der Waals surface area (Å²) in [5.41, 5.74) is 0. The van der Waals surface area contributed by atoms with Crippen LogP contribution in [-0.4, -0.2) is 96.3 Å². The Morgan fingerprint density at radius 3 is 1.63 bits per heavy atom. The summed E-state index contributed by atoms with van der Waals surface area (Å²) in [6.45, 7) is 3.99. The Balaban J connectivity index is 0.000000443. The fourth-order valence-electron chi connectivity index (χ4n) is 1.50. The maximum Gasteiger partial charge on any atom is 0.111 e. The maximum absolute atomic E-state index is 9.21. The van der Waals surface area contributed by atoms with E-state index in [9.17, 15) is 5.11 Å². The van der Waals surface area contributed by atoms with E-state index in [1.54, 1.807) is 7.05 Å². The largest absolute Gasteiger partial charge is 0.394 e. The fraction of sp³-hybridized carbons (Fsp3) is 1.00. The van der Waals surface area contributed by atoms with Crippen LogP contribution in [0.1, 0.15) is 0 Å². The van der Waals surface area contributed by atoms with Crippen molar-refractivity contribution in [3.05, 3.63) is 0 Å². The molecule has 1 fully saturated rings. The Kier molecular flexibility index (Phi) is 11.3. The van der Waals surface area contributed by atoms with Gasteiger partial charge in [0.15, 0.2) is 0 Å². The third-order valence-corrected chi connectivity index (χ3v) is 2.70. The Bertz CT molecular complexity index is 195. The molecule has 116 valence electrons. The molecule has 1 rings (SSSR count). The van der Waals surface area contributed by atoms with E-state index in [4.69, 9.17) is 20.4 Å². The smallest absolute Gasteiger partial charge is 0.111 e. The molecule has 0 bridgehead atoms. The van der Waals surface area contributed by atoms with Crippen LogP contribution < -0.4 is 16.0 Å². The highest BCUT2D eigenvalue weighted by atomic mass is 16.4. The lowest BCUT2D eigenvalue weighted by atomic mass is 10.0. The number of aliphatic hydroxyl groups excluding tert-OH is 5. The van der Waals surface area contributed by atoms with Crippen molar-refractivity contribution < 1.29 is 25.5 Å². The van der Waals surface area contributed by atoms with Gasteiger partial charge in [-0.15, -0.1) is 0 Å². The van der Waals surface area contributed by atoms with E-state index in [-0.39, 0.29) is 6.54 Å². The second-order valence-electron chi connectivity index (χ2n) is 4.36. The summed E-state index contributed by atoms with van der Waals surface area (Å²) in [6.07, 6.45) is -5.65. The lowest BCUT2D eigenvalue weighted by Crippen LogP contribution is -2.48. The molecule has 4 atom stereocenters. The van der Waals surface area contributed by atoms with Gasteiger partial charge in [-0.25, -0.2) is 0 Å². The molecule has 0 aromatic carbocycles. The van der Waals surface area contributed by atoms with Crippen LogP contribution >= 0.6 is 0 Å². The molecule has 8 N–H and O–H groups in total. The second-order valence-corrected chi connectivity index (χ2v) is 4.36. The molecular formula is C11H27N3O5. The van der Waals surface area contributed by atoms with E-state index in [0.717, 1.165) is 26.2 Å². The van der Waals surface area contributed by atoms with Crippen molar-refractivity contribution in [1.29, 1.82) is 0 Å². The molecule has 1 aliphatic rings. The number of hydrogen-bond donors (Lipinski definition) is 8. The van der Waals surface area contributed by atoms with E-state index >= 15 is 0 Å². The van der Waals surface area contributed by atoms with Crippen molar-refractivity contribution in [2.45, 2.75) is 24.4 Å². The van der Waals surface area contributed by atoms with Crippen LogP contribution in [0.4, 0.5) is 0 Å². The Morgan fingerprint density at radius 2 is 1.32 bits per heavy atom. The first kappa shape index (κ1) is 18.7. The van der Waals surface area contributed by atoms with Gasteiger partial charge in [0.1, 0.15) is 18.3 Å². The summed E-state index contributed by atoms with van der Waals surface area (Å²) in [4.78, 5) is 0. The molecule has 8 nitrogen and oxygen atoms in total. The van der Waals surface area contributed by atoms with Crippen molar-refractivity contribution in [3.63, 3.8) is 0 Å². The van der Waals surface area contributed by atoms with Gasteiger partial charge in [0, 0.05) is 32.7 Å². The van der Waals surface area contributed by atoms with Gasteiger partial charge in [0.2, 0.25) is 0 Å². The van der Waals surface area contributed by atoms with Gasteiger partial charge in [-0.2, -0.15) is 0 Å². The summed E-state index contributed by atoms with van der Waals surface area (Å²) < 4.78 is 0. The first-order valence-electron chi connectivity index (χ1n) is 6.43. The van der Waals surface area contributed by atoms with Crippen molar-refractivity contribution in [1.82, 2.24) is 16.0 Å². The van der Waals surface area contributed by atoms with Crippen LogP contribution in [0.15, 0.2) is 0 Å². The number of hydrogen-bond acceptors (Lipinski definition) is 8. The molecule has 0 amide bonds. The average molecular weight is 281 g/mol. The minimum atomic E-state index is -1.55. The minimum Gasteiger partial charge on any atom is -0.394 e. The van der Waals surface area contributed by atoms with Gasteiger partial charge in [-0.3, -0.25) is 0 Å². The van der Waals surface area contributed by atoms with E-state index in [0.29, 0.717) is 0 Å². The van der Waals surface area contributed by atoms with Gasteiger partial charge in [0.05, 0.1) is 12.7 Å². The predicted octanol–water partition coefficient (Wildman–Crippen LogP) is -4.18. The third-order valence-electron chi connectivity index (χ3n) is 2.70. The third kappa shape index (κ3) is 8.45. The summed E-state index contributed by atoms with van der Waals surface area (Å²) in [6, 6.07) is 0. The number of piperazine rings is 1. The highest BCUT2D eigenvalue weighted by Crippen LogP contribution is 2.04. The van der Waals surface area contributed by atoms with Crippen LogP contribution in [0.3, 0.4) is 0 Å². The van der Waals surface area contributed by atoms with Gasteiger partial charge in [-0.05, 0) is 7.05 Å². The summed E-state index contributed by atoms with van der Waals surface area (Å²) in [5.74, 6) is 0. The Labute approximate surface area is 113 Å². The molecule has 0 aliphatic carbocycles. The van der Waals surface area contributed by atoms with Gasteiger partial charge in [0.25, 0.3) is 0 Å². The van der Waals surface area contributed by atoms with Crippen molar-refractivity contribution >= 4 is 0 Å². The molecule has 0 radical (unpaired) electrons. The van der Waals surface area contributed by atoms with Crippen LogP contribution in [-0.2, 0) is 0 Å². The summed E-state index contributed by atoms with van der Waals surface area (Å²) >= 11 is 0. The van der Waals surface area contributed by atoms with Gasteiger partial charge in [-0.1, -0.05) is 0 Å². The molecule has 0 unspecified atom stereocenters.